The molecule has 5 nitrogen and oxygen atoms in total. The number of nitrogens with zero attached hydrogens (tertiary/aromatic N) is 3. The Balaban J connectivity index is 1.29. The Hall–Kier alpha value is -3.64. The number of carbonyl (C=O) groups excluding carboxylic acids is 1. The second-order valence-electron chi connectivity index (χ2n) is 10.3. The molecule has 0 saturated carbocycles. The van der Waals surface area contributed by atoms with Gasteiger partial charge in [-0.25, -0.2) is 4.98 Å². The first kappa shape index (κ1) is 29.3. The summed E-state index contributed by atoms with van der Waals surface area (Å²) in [6.45, 7) is 5.31. The molecule has 0 saturated heterocycles. The van der Waals surface area contributed by atoms with Gasteiger partial charge in [-0.15, -0.1) is 0 Å². The number of hydrogen-bond donors (Lipinski definition) is 0. The normalized spacial score (nSPS) is 11.0. The van der Waals surface area contributed by atoms with Crippen molar-refractivity contribution < 1.29 is 4.79 Å². The molecule has 4 aromatic rings. The molecule has 0 bridgehead atoms. The van der Waals surface area contributed by atoms with Crippen LogP contribution in [0, 0.1) is 13.8 Å². The maximum atomic E-state index is 13.2. The van der Waals surface area contributed by atoms with Crippen LogP contribution < -0.4 is 5.56 Å². The maximum Gasteiger partial charge on any atom is 0.257 e. The van der Waals surface area contributed by atoms with Gasteiger partial charge < -0.3 is 4.90 Å². The van der Waals surface area contributed by atoms with E-state index in [4.69, 9.17) is 4.98 Å². The summed E-state index contributed by atoms with van der Waals surface area (Å²) < 4.78 is 1.66. The topological polar surface area (TPSA) is 55.2 Å². The van der Waals surface area contributed by atoms with Gasteiger partial charge in [-0.3, -0.25) is 14.2 Å². The molecule has 6 heteroatoms. The van der Waals surface area contributed by atoms with E-state index < -0.39 is 0 Å². The van der Waals surface area contributed by atoms with Crippen molar-refractivity contribution in [1.82, 2.24) is 14.5 Å². The lowest BCUT2D eigenvalue weighted by Gasteiger charge is -2.23. The average molecular weight is 554 g/mol. The molecule has 4 rings (SSSR count). The number of rotatable bonds is 13. The molecule has 0 atom stereocenters. The molecule has 3 aromatic carbocycles. The Morgan fingerprint density at radius 2 is 1.50 bits per heavy atom. The molecule has 0 aliphatic heterocycles. The highest BCUT2D eigenvalue weighted by Crippen LogP contribution is 2.19. The van der Waals surface area contributed by atoms with Gasteiger partial charge in [0.05, 0.1) is 0 Å². The third-order valence-electron chi connectivity index (χ3n) is 7.15. The zero-order chi connectivity index (χ0) is 28.3. The van der Waals surface area contributed by atoms with Crippen molar-refractivity contribution in [2.75, 3.05) is 12.3 Å². The zero-order valence-electron chi connectivity index (χ0n) is 23.8. The highest BCUT2D eigenvalue weighted by atomic mass is 32.2. The lowest BCUT2D eigenvalue weighted by Crippen LogP contribution is -2.32. The van der Waals surface area contributed by atoms with Crippen LogP contribution in [0.1, 0.15) is 52.8 Å². The molecule has 40 heavy (non-hydrogen) atoms. The number of carbonyl (C=O) groups is 1. The molecular weight excluding hydrogens is 514 g/mol. The minimum Gasteiger partial charge on any atom is -0.338 e. The summed E-state index contributed by atoms with van der Waals surface area (Å²) in [5, 5.41) is 0.732. The second-order valence-corrected chi connectivity index (χ2v) is 11.4. The van der Waals surface area contributed by atoms with Crippen LogP contribution in [0.2, 0.25) is 0 Å². The number of benzene rings is 3. The van der Waals surface area contributed by atoms with Gasteiger partial charge in [0.15, 0.2) is 5.16 Å². The Morgan fingerprint density at radius 3 is 2.17 bits per heavy atom. The smallest absolute Gasteiger partial charge is 0.257 e. The fraction of sp³-hybridized carbons (Fsp3) is 0.324. The summed E-state index contributed by atoms with van der Waals surface area (Å²) >= 11 is 1.59. The van der Waals surface area contributed by atoms with Crippen molar-refractivity contribution in [3.05, 3.63) is 129 Å². The van der Waals surface area contributed by atoms with Crippen molar-refractivity contribution in [3.8, 4) is 0 Å². The van der Waals surface area contributed by atoms with E-state index in [-0.39, 0.29) is 11.5 Å². The van der Waals surface area contributed by atoms with E-state index in [1.807, 2.05) is 48.2 Å². The Morgan fingerprint density at radius 1 is 0.850 bits per heavy atom. The van der Waals surface area contributed by atoms with Crippen LogP contribution in [0.5, 0.6) is 0 Å². The molecule has 208 valence electrons. The van der Waals surface area contributed by atoms with E-state index in [1.54, 1.807) is 23.4 Å². The minimum absolute atomic E-state index is 0.0146. The van der Waals surface area contributed by atoms with Crippen LogP contribution >= 0.6 is 11.8 Å². The fourth-order valence-electron chi connectivity index (χ4n) is 4.68. The van der Waals surface area contributed by atoms with Crippen LogP contribution in [0.4, 0.5) is 0 Å². The van der Waals surface area contributed by atoms with Crippen molar-refractivity contribution >= 4 is 17.7 Å². The lowest BCUT2D eigenvalue weighted by atomic mass is 10.0. The van der Waals surface area contributed by atoms with Crippen LogP contribution in [-0.2, 0) is 31.2 Å². The van der Waals surface area contributed by atoms with E-state index in [0.29, 0.717) is 25.9 Å². The summed E-state index contributed by atoms with van der Waals surface area (Å²) in [7, 11) is 1.80. The first-order valence-electron chi connectivity index (χ1n) is 14.0. The summed E-state index contributed by atoms with van der Waals surface area (Å²) in [6, 6.07) is 28.8. The first-order chi connectivity index (χ1) is 19.4. The molecule has 0 fully saturated rings. The standard InChI is InChI=1S/C34H39N3O2S/c1-26-17-19-29(20-18-26)24-31-27(2)35-34(36(3)33(31)39)40-23-11-10-16-32(38)37(25-30-14-8-5-9-15-30)22-21-28-12-6-4-7-13-28/h4-9,12-15,17-20H,10-11,16,21-25H2,1-3H3. The highest BCUT2D eigenvalue weighted by molar-refractivity contribution is 7.99. The Kier molecular flexibility index (Phi) is 10.8. The van der Waals surface area contributed by atoms with Gasteiger partial charge in [0.25, 0.3) is 5.56 Å². The monoisotopic (exact) mass is 553 g/mol. The summed E-state index contributed by atoms with van der Waals surface area (Å²) in [6.07, 6.45) is 3.63. The molecule has 0 aliphatic rings. The van der Waals surface area contributed by atoms with E-state index in [2.05, 4.69) is 55.5 Å². The molecule has 0 radical (unpaired) electrons. The van der Waals surface area contributed by atoms with Crippen molar-refractivity contribution in [3.63, 3.8) is 0 Å². The Bertz CT molecular complexity index is 1430. The van der Waals surface area contributed by atoms with Gasteiger partial charge in [-0.2, -0.15) is 0 Å². The van der Waals surface area contributed by atoms with E-state index in [9.17, 15) is 9.59 Å². The second kappa shape index (κ2) is 14.7. The highest BCUT2D eigenvalue weighted by Gasteiger charge is 2.15. The van der Waals surface area contributed by atoms with E-state index in [1.165, 1.54) is 11.1 Å². The van der Waals surface area contributed by atoms with Gasteiger partial charge in [0, 0.05) is 50.0 Å². The van der Waals surface area contributed by atoms with Crippen molar-refractivity contribution in [1.29, 1.82) is 0 Å². The van der Waals surface area contributed by atoms with Crippen LogP contribution in [0.25, 0.3) is 0 Å². The number of aryl methyl sites for hydroxylation is 2. The molecule has 0 unspecified atom stereocenters. The number of thioether (sulfide) groups is 1. The molecule has 1 aromatic heterocycles. The number of amides is 1. The third-order valence-corrected chi connectivity index (χ3v) is 8.27. The van der Waals surface area contributed by atoms with E-state index in [0.717, 1.165) is 52.6 Å². The van der Waals surface area contributed by atoms with Gasteiger partial charge in [-0.1, -0.05) is 102 Å². The molecule has 1 heterocycles. The minimum atomic E-state index is 0.0146. The van der Waals surface area contributed by atoms with Crippen LogP contribution in [0.3, 0.4) is 0 Å². The van der Waals surface area contributed by atoms with E-state index >= 15 is 0 Å². The van der Waals surface area contributed by atoms with Crippen LogP contribution in [0.15, 0.2) is 94.9 Å². The number of unbranched alkanes of at least 4 members (excludes halogenated alkanes) is 1. The average Bonchev–Trinajstić information content (AvgIpc) is 2.97. The molecule has 0 aliphatic carbocycles. The maximum absolute atomic E-state index is 13.2. The van der Waals surface area contributed by atoms with Gasteiger partial charge in [0.2, 0.25) is 5.91 Å². The Labute approximate surface area is 242 Å². The summed E-state index contributed by atoms with van der Waals surface area (Å²) in [4.78, 5) is 33.1. The zero-order valence-corrected chi connectivity index (χ0v) is 24.6. The number of hydrogen-bond acceptors (Lipinski definition) is 4. The quantitative estimate of drug-likeness (QED) is 0.107. The summed E-state index contributed by atoms with van der Waals surface area (Å²) in [5.74, 6) is 0.999. The van der Waals surface area contributed by atoms with Gasteiger partial charge in [0.1, 0.15) is 0 Å². The third kappa shape index (κ3) is 8.43. The predicted octanol–water partition coefficient (Wildman–Crippen LogP) is 6.52. The van der Waals surface area contributed by atoms with Crippen molar-refractivity contribution in [2.45, 2.75) is 57.7 Å². The molecule has 0 N–H and O–H groups in total. The lowest BCUT2D eigenvalue weighted by molar-refractivity contribution is -0.131. The summed E-state index contributed by atoms with van der Waals surface area (Å²) in [5.41, 5.74) is 6.25. The van der Waals surface area contributed by atoms with Crippen molar-refractivity contribution in [2.24, 2.45) is 7.05 Å². The molecule has 0 spiro atoms. The first-order valence-corrected chi connectivity index (χ1v) is 15.0. The van der Waals surface area contributed by atoms with Gasteiger partial charge >= 0.3 is 0 Å². The number of aromatic nitrogens is 2. The SMILES string of the molecule is Cc1ccc(Cc2c(C)nc(SCCCCC(=O)N(CCc3ccccc3)Cc3ccccc3)n(C)c2=O)cc1. The largest absolute Gasteiger partial charge is 0.338 e. The van der Waals surface area contributed by atoms with Gasteiger partial charge in [-0.05, 0) is 49.8 Å². The predicted molar refractivity (Wildman–Crippen MR) is 165 cm³/mol. The fourth-order valence-corrected chi connectivity index (χ4v) is 5.69. The molecular formula is C34H39N3O2S. The van der Waals surface area contributed by atoms with Crippen LogP contribution in [-0.4, -0.2) is 32.7 Å². The molecule has 1 amide bonds.